The second-order valence-electron chi connectivity index (χ2n) is 6.35. The van der Waals surface area contributed by atoms with Gasteiger partial charge in [0.15, 0.2) is 5.76 Å². The van der Waals surface area contributed by atoms with Gasteiger partial charge in [0.25, 0.3) is 5.91 Å². The molecule has 0 spiro atoms. The van der Waals surface area contributed by atoms with E-state index in [0.717, 1.165) is 27.6 Å². The minimum Gasteiger partial charge on any atom is -0.355 e. The van der Waals surface area contributed by atoms with E-state index in [1.54, 1.807) is 6.92 Å². The van der Waals surface area contributed by atoms with Gasteiger partial charge in [-0.15, -0.1) is 0 Å². The highest BCUT2D eigenvalue weighted by molar-refractivity contribution is 6.09. The normalized spacial score (nSPS) is 10.8. The standard InChI is InChI=1S/C22H18N2O2/c1-14-7-9-17(10-8-14)21-20(15(2)24-26-21)22(25)23-19-12-11-16-5-3-4-6-18(16)13-19/h3-13H,1-2H3,(H,23,25). The number of carbonyl (C=O) groups is 1. The van der Waals surface area contributed by atoms with Crippen molar-refractivity contribution in [2.24, 2.45) is 0 Å². The van der Waals surface area contributed by atoms with Gasteiger partial charge in [0.05, 0.1) is 5.69 Å². The van der Waals surface area contributed by atoms with Gasteiger partial charge in [-0.25, -0.2) is 0 Å². The second-order valence-corrected chi connectivity index (χ2v) is 6.35. The summed E-state index contributed by atoms with van der Waals surface area (Å²) in [5, 5.41) is 9.16. The van der Waals surface area contributed by atoms with Crippen molar-refractivity contribution in [3.63, 3.8) is 0 Å². The summed E-state index contributed by atoms with van der Waals surface area (Å²) < 4.78 is 5.44. The summed E-state index contributed by atoms with van der Waals surface area (Å²) in [7, 11) is 0. The molecular formula is C22H18N2O2. The van der Waals surface area contributed by atoms with Gasteiger partial charge < -0.3 is 9.84 Å². The number of aromatic nitrogens is 1. The number of benzene rings is 3. The molecule has 0 aliphatic rings. The van der Waals surface area contributed by atoms with E-state index < -0.39 is 0 Å². The number of rotatable bonds is 3. The van der Waals surface area contributed by atoms with Crippen LogP contribution in [0.5, 0.6) is 0 Å². The summed E-state index contributed by atoms with van der Waals surface area (Å²) in [6.45, 7) is 3.79. The van der Waals surface area contributed by atoms with E-state index in [2.05, 4.69) is 10.5 Å². The molecule has 3 aromatic carbocycles. The first kappa shape index (κ1) is 16.1. The molecule has 4 nitrogen and oxygen atoms in total. The quantitative estimate of drug-likeness (QED) is 0.545. The maximum atomic E-state index is 12.9. The predicted molar refractivity (Wildman–Crippen MR) is 103 cm³/mol. The van der Waals surface area contributed by atoms with Crippen molar-refractivity contribution in [1.29, 1.82) is 0 Å². The first-order valence-electron chi connectivity index (χ1n) is 8.45. The third-order valence-corrected chi connectivity index (χ3v) is 4.41. The maximum Gasteiger partial charge on any atom is 0.261 e. The predicted octanol–water partition coefficient (Wildman–Crippen LogP) is 5.36. The van der Waals surface area contributed by atoms with E-state index in [0.29, 0.717) is 17.0 Å². The average Bonchev–Trinajstić information content (AvgIpc) is 3.04. The molecular weight excluding hydrogens is 324 g/mol. The van der Waals surface area contributed by atoms with E-state index in [9.17, 15) is 4.79 Å². The highest BCUT2D eigenvalue weighted by Crippen LogP contribution is 2.28. The Morgan fingerprint density at radius 2 is 1.65 bits per heavy atom. The highest BCUT2D eigenvalue weighted by atomic mass is 16.5. The van der Waals surface area contributed by atoms with Crippen LogP contribution in [0.2, 0.25) is 0 Å². The second kappa shape index (κ2) is 6.48. The number of hydrogen-bond acceptors (Lipinski definition) is 3. The SMILES string of the molecule is Cc1ccc(-c2onc(C)c2C(=O)Nc2ccc3ccccc3c2)cc1. The summed E-state index contributed by atoms with van der Waals surface area (Å²) in [4.78, 5) is 12.9. The number of aryl methyl sites for hydroxylation is 2. The molecule has 0 aliphatic heterocycles. The molecule has 128 valence electrons. The fraction of sp³-hybridized carbons (Fsp3) is 0.0909. The summed E-state index contributed by atoms with van der Waals surface area (Å²) in [5.41, 5.74) is 3.75. The van der Waals surface area contributed by atoms with Crippen molar-refractivity contribution in [2.75, 3.05) is 5.32 Å². The van der Waals surface area contributed by atoms with E-state index in [-0.39, 0.29) is 5.91 Å². The number of carbonyl (C=O) groups excluding carboxylic acids is 1. The van der Waals surface area contributed by atoms with Gasteiger partial charge in [0, 0.05) is 11.3 Å². The summed E-state index contributed by atoms with van der Waals surface area (Å²) in [6.07, 6.45) is 0. The van der Waals surface area contributed by atoms with Crippen molar-refractivity contribution < 1.29 is 9.32 Å². The lowest BCUT2D eigenvalue weighted by Crippen LogP contribution is -2.13. The molecule has 1 heterocycles. The van der Waals surface area contributed by atoms with Crippen LogP contribution in [0, 0.1) is 13.8 Å². The third-order valence-electron chi connectivity index (χ3n) is 4.41. The van der Waals surface area contributed by atoms with Crippen LogP contribution in [-0.4, -0.2) is 11.1 Å². The number of nitrogens with one attached hydrogen (secondary N) is 1. The van der Waals surface area contributed by atoms with Crippen LogP contribution in [0.1, 0.15) is 21.6 Å². The van der Waals surface area contributed by atoms with Gasteiger partial charge >= 0.3 is 0 Å². The minimum atomic E-state index is -0.227. The van der Waals surface area contributed by atoms with Gasteiger partial charge in [-0.2, -0.15) is 0 Å². The molecule has 0 aliphatic carbocycles. The highest BCUT2D eigenvalue weighted by Gasteiger charge is 2.22. The number of amides is 1. The largest absolute Gasteiger partial charge is 0.355 e. The van der Waals surface area contributed by atoms with Crippen LogP contribution in [-0.2, 0) is 0 Å². The van der Waals surface area contributed by atoms with Crippen molar-refractivity contribution >= 4 is 22.4 Å². The number of fused-ring (bicyclic) bond motifs is 1. The Balaban J connectivity index is 1.67. The van der Waals surface area contributed by atoms with E-state index >= 15 is 0 Å². The molecule has 1 amide bonds. The van der Waals surface area contributed by atoms with Crippen LogP contribution < -0.4 is 5.32 Å². The van der Waals surface area contributed by atoms with Crippen molar-refractivity contribution in [2.45, 2.75) is 13.8 Å². The van der Waals surface area contributed by atoms with E-state index in [4.69, 9.17) is 4.52 Å². The summed E-state index contributed by atoms with van der Waals surface area (Å²) in [6, 6.07) is 21.7. The summed E-state index contributed by atoms with van der Waals surface area (Å²) in [5.74, 6) is 0.260. The molecule has 0 saturated carbocycles. The number of nitrogens with zero attached hydrogens (tertiary/aromatic N) is 1. The van der Waals surface area contributed by atoms with Crippen LogP contribution >= 0.6 is 0 Å². The fourth-order valence-electron chi connectivity index (χ4n) is 3.00. The minimum absolute atomic E-state index is 0.227. The molecule has 0 bridgehead atoms. The van der Waals surface area contributed by atoms with Crippen molar-refractivity contribution in [3.05, 3.63) is 83.6 Å². The lowest BCUT2D eigenvalue weighted by molar-refractivity contribution is 0.102. The number of hydrogen-bond donors (Lipinski definition) is 1. The Kier molecular flexibility index (Phi) is 4.01. The smallest absolute Gasteiger partial charge is 0.261 e. The molecule has 1 N–H and O–H groups in total. The Labute approximate surface area is 151 Å². The van der Waals surface area contributed by atoms with Crippen LogP contribution in [0.3, 0.4) is 0 Å². The average molecular weight is 342 g/mol. The van der Waals surface area contributed by atoms with Crippen molar-refractivity contribution in [1.82, 2.24) is 5.16 Å². The topological polar surface area (TPSA) is 55.1 Å². The zero-order valence-corrected chi connectivity index (χ0v) is 14.6. The molecule has 0 unspecified atom stereocenters. The first-order chi connectivity index (χ1) is 12.6. The molecule has 4 rings (SSSR count). The Bertz CT molecular complexity index is 1090. The van der Waals surface area contributed by atoms with Gasteiger partial charge in [-0.1, -0.05) is 65.3 Å². The molecule has 0 radical (unpaired) electrons. The van der Waals surface area contributed by atoms with Gasteiger partial charge in [-0.05, 0) is 36.8 Å². The lowest BCUT2D eigenvalue weighted by Gasteiger charge is -2.07. The van der Waals surface area contributed by atoms with Gasteiger partial charge in [0.2, 0.25) is 0 Å². The zero-order valence-electron chi connectivity index (χ0n) is 14.6. The van der Waals surface area contributed by atoms with Crippen LogP contribution in [0.4, 0.5) is 5.69 Å². The third kappa shape index (κ3) is 2.97. The molecule has 0 atom stereocenters. The maximum absolute atomic E-state index is 12.9. The molecule has 4 heteroatoms. The Morgan fingerprint density at radius 1 is 0.923 bits per heavy atom. The lowest BCUT2D eigenvalue weighted by atomic mass is 10.0. The Hall–Kier alpha value is -3.40. The van der Waals surface area contributed by atoms with E-state index in [1.165, 1.54) is 0 Å². The van der Waals surface area contributed by atoms with Gasteiger partial charge in [0.1, 0.15) is 5.56 Å². The molecule has 0 fully saturated rings. The van der Waals surface area contributed by atoms with Gasteiger partial charge in [-0.3, -0.25) is 4.79 Å². The van der Waals surface area contributed by atoms with Crippen molar-refractivity contribution in [3.8, 4) is 11.3 Å². The number of anilines is 1. The molecule has 4 aromatic rings. The molecule has 26 heavy (non-hydrogen) atoms. The molecule has 1 aromatic heterocycles. The first-order valence-corrected chi connectivity index (χ1v) is 8.45. The Morgan fingerprint density at radius 3 is 2.42 bits per heavy atom. The van der Waals surface area contributed by atoms with Crippen LogP contribution in [0.15, 0.2) is 71.3 Å². The summed E-state index contributed by atoms with van der Waals surface area (Å²) >= 11 is 0. The fourth-order valence-corrected chi connectivity index (χ4v) is 3.00. The van der Waals surface area contributed by atoms with E-state index in [1.807, 2.05) is 73.7 Å². The zero-order chi connectivity index (χ0) is 18.1. The molecule has 0 saturated heterocycles. The monoisotopic (exact) mass is 342 g/mol. The van der Waals surface area contributed by atoms with Crippen LogP contribution in [0.25, 0.3) is 22.1 Å².